The number of anilines is 1. The lowest BCUT2D eigenvalue weighted by atomic mass is 9.45. The van der Waals surface area contributed by atoms with Crippen molar-refractivity contribution in [1.29, 1.82) is 0 Å². The van der Waals surface area contributed by atoms with Gasteiger partial charge in [0.2, 0.25) is 5.91 Å². The van der Waals surface area contributed by atoms with E-state index in [4.69, 9.17) is 9.47 Å². The standard InChI is InChI=1S/C44H60N4O8/c1-25-34-21-31(44(34,3)4)22-35(25)46-42(53)39(38(26(2)50)37(51)24-49)45-23-28-15-12-16-33(40(28)55-7)29-18-30(20-32(19-29)48(5)6)41(52)47-36(43(54)56-8)17-27-13-10-9-11-14-27/h9-16,18-20,25-26,31,34-39,45,49-51H,17,21-24H2,1-8H3,(H,46,53)(H,47,52)/t25-,26-,31?,34-,35-,36?,37-,38+,39-/m0/s1. The van der Waals surface area contributed by atoms with Gasteiger partial charge in [-0.25, -0.2) is 4.79 Å². The molecule has 2 amide bonds. The highest BCUT2D eigenvalue weighted by atomic mass is 16.5. The summed E-state index contributed by atoms with van der Waals surface area (Å²) >= 11 is 0. The number of nitrogens with one attached hydrogen (secondary N) is 3. The fourth-order valence-corrected chi connectivity index (χ4v) is 8.96. The van der Waals surface area contributed by atoms with Crippen LogP contribution in [0.5, 0.6) is 5.75 Å². The zero-order chi connectivity index (χ0) is 40.9. The number of aliphatic hydroxyl groups excluding tert-OH is 3. The molecule has 0 aliphatic heterocycles. The molecule has 0 heterocycles. The van der Waals surface area contributed by atoms with E-state index in [0.29, 0.717) is 39.8 Å². The lowest BCUT2D eigenvalue weighted by Gasteiger charge is -2.62. The average Bonchev–Trinajstić information content (AvgIpc) is 3.18. The van der Waals surface area contributed by atoms with E-state index in [1.165, 1.54) is 14.0 Å². The van der Waals surface area contributed by atoms with Crippen LogP contribution in [0, 0.1) is 29.1 Å². The molecule has 3 saturated carbocycles. The van der Waals surface area contributed by atoms with Crippen molar-refractivity contribution in [3.05, 3.63) is 83.4 Å². The number of methoxy groups -OCH3 is 2. The summed E-state index contributed by atoms with van der Waals surface area (Å²) in [4.78, 5) is 42.6. The summed E-state index contributed by atoms with van der Waals surface area (Å²) in [5.41, 5.74) is 4.22. The van der Waals surface area contributed by atoms with Gasteiger partial charge in [0.15, 0.2) is 0 Å². The van der Waals surface area contributed by atoms with Crippen molar-refractivity contribution in [3.63, 3.8) is 0 Å². The summed E-state index contributed by atoms with van der Waals surface area (Å²) in [5.74, 6) is -0.577. The Morgan fingerprint density at radius 3 is 2.29 bits per heavy atom. The maximum Gasteiger partial charge on any atom is 0.328 e. The van der Waals surface area contributed by atoms with Crippen molar-refractivity contribution in [2.75, 3.05) is 39.8 Å². The SMILES string of the molecule is COC(=O)C(Cc1ccccc1)NC(=O)c1cc(-c2cccc(CN[C@H](C(=O)N[C@H]3CC4C[C@@H]([C@@H]3C)C4(C)C)[C@H]([C@H](C)O)[C@@H](O)CO)c2OC)cc(N(C)C)c1. The molecule has 304 valence electrons. The second-order valence-corrected chi connectivity index (χ2v) is 16.4. The van der Waals surface area contributed by atoms with Gasteiger partial charge < -0.3 is 45.6 Å². The van der Waals surface area contributed by atoms with Gasteiger partial charge in [-0.1, -0.05) is 69.3 Å². The number of hydrogen-bond donors (Lipinski definition) is 6. The van der Waals surface area contributed by atoms with Crippen molar-refractivity contribution in [2.24, 2.45) is 29.1 Å². The Bertz CT molecular complexity index is 1830. The van der Waals surface area contributed by atoms with Gasteiger partial charge in [0.1, 0.15) is 11.8 Å². The van der Waals surface area contributed by atoms with Crippen LogP contribution in [0.1, 0.15) is 62.0 Å². The summed E-state index contributed by atoms with van der Waals surface area (Å²) in [6.07, 6.45) is -0.194. The summed E-state index contributed by atoms with van der Waals surface area (Å²) in [6.45, 7) is 7.79. The number of carbonyl (C=O) groups excluding carboxylic acids is 3. The number of esters is 1. The molecular formula is C44H60N4O8. The Labute approximate surface area is 331 Å². The molecule has 0 saturated heterocycles. The molecule has 3 fully saturated rings. The second kappa shape index (κ2) is 18.2. The van der Waals surface area contributed by atoms with Gasteiger partial charge >= 0.3 is 5.97 Å². The average molecular weight is 773 g/mol. The molecule has 3 aromatic carbocycles. The van der Waals surface area contributed by atoms with Crippen LogP contribution < -0.4 is 25.6 Å². The van der Waals surface area contributed by atoms with E-state index in [-0.39, 0.29) is 36.2 Å². The first kappa shape index (κ1) is 42.6. The fourth-order valence-electron chi connectivity index (χ4n) is 8.96. The number of ether oxygens (including phenoxy) is 2. The third kappa shape index (κ3) is 9.20. The van der Waals surface area contributed by atoms with Gasteiger partial charge in [0.05, 0.1) is 39.1 Å². The molecular weight excluding hydrogens is 713 g/mol. The number of fused-ring (bicyclic) bond motifs is 2. The Balaban J connectivity index is 1.43. The molecule has 3 aliphatic rings. The number of amides is 2. The topological polar surface area (TPSA) is 170 Å². The van der Waals surface area contributed by atoms with Crippen LogP contribution in [0.3, 0.4) is 0 Å². The minimum absolute atomic E-state index is 0.0426. The van der Waals surface area contributed by atoms with E-state index in [9.17, 15) is 29.7 Å². The zero-order valence-corrected chi connectivity index (χ0v) is 33.9. The summed E-state index contributed by atoms with van der Waals surface area (Å²) in [5, 5.41) is 41.1. The van der Waals surface area contributed by atoms with E-state index in [1.54, 1.807) is 19.2 Å². The molecule has 0 spiro atoms. The van der Waals surface area contributed by atoms with Gasteiger partial charge in [0.25, 0.3) is 5.91 Å². The smallest absolute Gasteiger partial charge is 0.328 e. The number of rotatable bonds is 17. The maximum atomic E-state index is 14.1. The minimum atomic E-state index is -1.35. The van der Waals surface area contributed by atoms with Crippen LogP contribution >= 0.6 is 0 Å². The first-order valence-corrected chi connectivity index (χ1v) is 19.5. The molecule has 3 aliphatic carbocycles. The summed E-state index contributed by atoms with van der Waals surface area (Å²) in [6, 6.07) is 18.4. The Morgan fingerprint density at radius 1 is 0.982 bits per heavy atom. The van der Waals surface area contributed by atoms with E-state index in [0.717, 1.165) is 24.1 Å². The predicted molar refractivity (Wildman–Crippen MR) is 216 cm³/mol. The van der Waals surface area contributed by atoms with E-state index in [1.807, 2.05) is 73.6 Å². The highest BCUT2D eigenvalue weighted by Crippen LogP contribution is 2.61. The Morgan fingerprint density at radius 2 is 1.70 bits per heavy atom. The normalized spacial score (nSPS) is 22.3. The number of benzene rings is 3. The molecule has 56 heavy (non-hydrogen) atoms. The first-order chi connectivity index (χ1) is 26.6. The van der Waals surface area contributed by atoms with Crippen molar-refractivity contribution in [3.8, 4) is 16.9 Å². The van der Waals surface area contributed by atoms with Crippen molar-refractivity contribution in [1.82, 2.24) is 16.0 Å². The predicted octanol–water partition coefficient (Wildman–Crippen LogP) is 3.94. The third-order valence-electron chi connectivity index (χ3n) is 12.4. The van der Waals surface area contributed by atoms with Crippen molar-refractivity contribution < 1.29 is 39.2 Å². The number of nitrogens with zero attached hydrogens (tertiary/aromatic N) is 1. The molecule has 0 radical (unpaired) electrons. The number of carbonyl (C=O) groups is 3. The highest BCUT2D eigenvalue weighted by Gasteiger charge is 2.56. The maximum absolute atomic E-state index is 14.1. The van der Waals surface area contributed by atoms with E-state index in [2.05, 4.69) is 36.7 Å². The minimum Gasteiger partial charge on any atom is -0.496 e. The van der Waals surface area contributed by atoms with Crippen LogP contribution in [0.25, 0.3) is 11.1 Å². The molecule has 6 rings (SSSR count). The Kier molecular flexibility index (Phi) is 13.9. The number of hydrogen-bond acceptors (Lipinski definition) is 10. The van der Waals surface area contributed by atoms with Gasteiger partial charge in [-0.05, 0) is 72.3 Å². The van der Waals surface area contributed by atoms with Gasteiger partial charge in [-0.2, -0.15) is 0 Å². The second-order valence-electron chi connectivity index (χ2n) is 16.4. The summed E-state index contributed by atoms with van der Waals surface area (Å²) < 4.78 is 11.0. The van der Waals surface area contributed by atoms with Crippen LogP contribution in [0.4, 0.5) is 5.69 Å². The van der Waals surface area contributed by atoms with E-state index < -0.39 is 48.7 Å². The van der Waals surface area contributed by atoms with Crippen LogP contribution in [-0.2, 0) is 27.3 Å². The van der Waals surface area contributed by atoms with Gasteiger partial charge in [-0.3, -0.25) is 9.59 Å². The quantitative estimate of drug-likeness (QED) is 0.111. The largest absolute Gasteiger partial charge is 0.496 e. The highest BCUT2D eigenvalue weighted by molar-refractivity contribution is 5.99. The van der Waals surface area contributed by atoms with Crippen LogP contribution in [0.15, 0.2) is 66.7 Å². The molecule has 3 aromatic rings. The van der Waals surface area contributed by atoms with Crippen molar-refractivity contribution in [2.45, 2.75) is 83.8 Å². The number of para-hydroxylation sites is 1. The third-order valence-corrected chi connectivity index (χ3v) is 12.4. The molecule has 9 atom stereocenters. The van der Waals surface area contributed by atoms with Crippen LogP contribution in [-0.4, -0.2) is 98.4 Å². The summed E-state index contributed by atoms with van der Waals surface area (Å²) in [7, 11) is 6.58. The lowest BCUT2D eigenvalue weighted by molar-refractivity contribution is -0.142. The van der Waals surface area contributed by atoms with Crippen LogP contribution in [0.2, 0.25) is 0 Å². The molecule has 12 nitrogen and oxygen atoms in total. The first-order valence-electron chi connectivity index (χ1n) is 19.5. The van der Waals surface area contributed by atoms with E-state index >= 15 is 0 Å². The zero-order valence-electron chi connectivity index (χ0n) is 33.9. The lowest BCUT2D eigenvalue weighted by Crippen LogP contribution is -2.63. The monoisotopic (exact) mass is 772 g/mol. The molecule has 12 heteroatoms. The molecule has 2 unspecified atom stereocenters. The molecule has 2 bridgehead atoms. The molecule has 6 N–H and O–H groups in total. The van der Waals surface area contributed by atoms with Gasteiger partial charge in [0, 0.05) is 61.4 Å². The fraction of sp³-hybridized carbons (Fsp3) is 0.523. The number of aliphatic hydroxyl groups is 3. The van der Waals surface area contributed by atoms with Crippen molar-refractivity contribution >= 4 is 23.5 Å². The Hall–Kier alpha value is -4.49. The molecule has 0 aromatic heterocycles. The van der Waals surface area contributed by atoms with Gasteiger partial charge in [-0.15, -0.1) is 0 Å².